The molecule has 0 aromatic heterocycles. The van der Waals surface area contributed by atoms with Gasteiger partial charge in [0.15, 0.2) is 12.6 Å². The number of nitrogens with two attached hydrogens (primary N) is 1. The van der Waals surface area contributed by atoms with Crippen LogP contribution >= 0.6 is 0 Å². The summed E-state index contributed by atoms with van der Waals surface area (Å²) in [6.07, 6.45) is 0.612. The van der Waals surface area contributed by atoms with Gasteiger partial charge in [-0.05, 0) is 36.2 Å². The molecular formula is C21H27FN4O3. The molecule has 0 spiro atoms. The lowest BCUT2D eigenvalue weighted by Gasteiger charge is -2.20. The molecule has 156 valence electrons. The highest BCUT2D eigenvalue weighted by Gasteiger charge is 2.10. The van der Waals surface area contributed by atoms with Crippen molar-refractivity contribution in [3.8, 4) is 11.5 Å². The van der Waals surface area contributed by atoms with Gasteiger partial charge in [-0.3, -0.25) is 9.79 Å². The molecule has 29 heavy (non-hydrogen) atoms. The summed E-state index contributed by atoms with van der Waals surface area (Å²) in [6, 6.07) is 13.4. The molecule has 0 aliphatic rings. The Morgan fingerprint density at radius 2 is 1.93 bits per heavy atom. The van der Waals surface area contributed by atoms with E-state index in [9.17, 15) is 9.18 Å². The molecule has 0 saturated heterocycles. The number of aliphatic imine (C=N–C) groups is 1. The summed E-state index contributed by atoms with van der Waals surface area (Å²) >= 11 is 0. The maximum atomic E-state index is 13.3. The van der Waals surface area contributed by atoms with Gasteiger partial charge in [0.25, 0.3) is 5.91 Å². The van der Waals surface area contributed by atoms with E-state index in [1.165, 1.54) is 12.1 Å². The first-order valence-electron chi connectivity index (χ1n) is 9.37. The standard InChI is InChI=1S/C21H27FN4O3/c1-3-17(29-19-9-5-7-16(22)11-19)13-26-21(24-2)25-12-15-6-4-8-18(10-15)28-14-20(23)27/h4-11,17H,3,12-14H2,1-2H3,(H2,23,27)(H2,24,25,26). The number of hydrogen-bond donors (Lipinski definition) is 3. The van der Waals surface area contributed by atoms with Crippen LogP contribution < -0.4 is 25.8 Å². The van der Waals surface area contributed by atoms with Crippen LogP contribution in [0.2, 0.25) is 0 Å². The predicted molar refractivity (Wildman–Crippen MR) is 110 cm³/mol. The summed E-state index contributed by atoms with van der Waals surface area (Å²) in [4.78, 5) is 15.0. The molecular weight excluding hydrogens is 375 g/mol. The zero-order valence-electron chi connectivity index (χ0n) is 16.7. The molecule has 2 aromatic rings. The zero-order valence-corrected chi connectivity index (χ0v) is 16.7. The highest BCUT2D eigenvalue weighted by molar-refractivity contribution is 5.79. The normalized spacial score (nSPS) is 12.2. The highest BCUT2D eigenvalue weighted by Crippen LogP contribution is 2.15. The molecule has 0 aliphatic carbocycles. The molecule has 2 aromatic carbocycles. The van der Waals surface area contributed by atoms with Crippen molar-refractivity contribution in [1.82, 2.24) is 10.6 Å². The molecule has 8 heteroatoms. The Labute approximate surface area is 170 Å². The maximum absolute atomic E-state index is 13.3. The van der Waals surface area contributed by atoms with Crippen molar-refractivity contribution in [2.75, 3.05) is 20.2 Å². The number of benzene rings is 2. The number of hydrogen-bond acceptors (Lipinski definition) is 4. The predicted octanol–water partition coefficient (Wildman–Crippen LogP) is 2.21. The van der Waals surface area contributed by atoms with Crippen LogP contribution in [0.4, 0.5) is 4.39 Å². The van der Waals surface area contributed by atoms with Gasteiger partial charge in [-0.25, -0.2) is 4.39 Å². The van der Waals surface area contributed by atoms with E-state index in [0.717, 1.165) is 12.0 Å². The van der Waals surface area contributed by atoms with Crippen molar-refractivity contribution >= 4 is 11.9 Å². The first kappa shape index (κ1) is 22.0. The summed E-state index contributed by atoms with van der Waals surface area (Å²) in [6.45, 7) is 2.85. The Hall–Kier alpha value is -3.29. The number of primary amides is 1. The van der Waals surface area contributed by atoms with Gasteiger partial charge in [0.2, 0.25) is 0 Å². The number of guanidine groups is 1. The minimum atomic E-state index is -0.524. The van der Waals surface area contributed by atoms with Gasteiger partial charge in [0.1, 0.15) is 23.4 Å². The Kier molecular flexibility index (Phi) is 8.75. The van der Waals surface area contributed by atoms with E-state index in [4.69, 9.17) is 15.2 Å². The number of carbonyl (C=O) groups excluding carboxylic acids is 1. The number of carbonyl (C=O) groups is 1. The minimum absolute atomic E-state index is 0.138. The summed E-state index contributed by atoms with van der Waals surface area (Å²) < 4.78 is 24.4. The Bertz CT molecular complexity index is 829. The lowest BCUT2D eigenvalue weighted by Crippen LogP contribution is -2.42. The molecule has 1 amide bonds. The van der Waals surface area contributed by atoms with Crippen molar-refractivity contribution < 1.29 is 18.7 Å². The van der Waals surface area contributed by atoms with Crippen LogP contribution in [0.5, 0.6) is 11.5 Å². The van der Waals surface area contributed by atoms with E-state index in [1.807, 2.05) is 25.1 Å². The fourth-order valence-electron chi connectivity index (χ4n) is 2.52. The van der Waals surface area contributed by atoms with Crippen LogP contribution in [0.3, 0.4) is 0 Å². The number of amides is 1. The third-order valence-electron chi connectivity index (χ3n) is 4.01. The van der Waals surface area contributed by atoms with Crippen LogP contribution in [0, 0.1) is 5.82 Å². The van der Waals surface area contributed by atoms with Crippen molar-refractivity contribution in [1.29, 1.82) is 0 Å². The molecule has 0 aliphatic heterocycles. The Morgan fingerprint density at radius 3 is 2.62 bits per heavy atom. The fraction of sp³-hybridized carbons (Fsp3) is 0.333. The Morgan fingerprint density at radius 1 is 1.17 bits per heavy atom. The fourth-order valence-corrected chi connectivity index (χ4v) is 2.52. The van der Waals surface area contributed by atoms with Gasteiger partial charge in [-0.15, -0.1) is 0 Å². The number of nitrogens with one attached hydrogen (secondary N) is 2. The molecule has 4 N–H and O–H groups in total. The van der Waals surface area contributed by atoms with Crippen molar-refractivity contribution in [3.63, 3.8) is 0 Å². The number of ether oxygens (including phenoxy) is 2. The molecule has 0 saturated carbocycles. The van der Waals surface area contributed by atoms with E-state index < -0.39 is 5.91 Å². The lowest BCUT2D eigenvalue weighted by atomic mass is 10.2. The number of nitrogens with zero attached hydrogens (tertiary/aromatic N) is 1. The summed E-state index contributed by atoms with van der Waals surface area (Å²) in [7, 11) is 1.68. The first-order valence-corrected chi connectivity index (χ1v) is 9.37. The number of rotatable bonds is 10. The monoisotopic (exact) mass is 402 g/mol. The first-order chi connectivity index (χ1) is 14.0. The van der Waals surface area contributed by atoms with Crippen LogP contribution in [0.1, 0.15) is 18.9 Å². The quantitative estimate of drug-likeness (QED) is 0.418. The van der Waals surface area contributed by atoms with E-state index in [1.54, 1.807) is 25.2 Å². The molecule has 0 fully saturated rings. The van der Waals surface area contributed by atoms with Gasteiger partial charge in [-0.2, -0.15) is 0 Å². The molecule has 1 atom stereocenters. The second kappa shape index (κ2) is 11.5. The molecule has 7 nitrogen and oxygen atoms in total. The molecule has 2 rings (SSSR count). The molecule has 1 unspecified atom stereocenters. The van der Waals surface area contributed by atoms with Crippen LogP contribution in [0.15, 0.2) is 53.5 Å². The van der Waals surface area contributed by atoms with Crippen molar-refractivity contribution in [2.45, 2.75) is 26.0 Å². The van der Waals surface area contributed by atoms with Crippen molar-refractivity contribution in [3.05, 3.63) is 59.9 Å². The van der Waals surface area contributed by atoms with E-state index in [0.29, 0.717) is 30.5 Å². The van der Waals surface area contributed by atoms with E-state index >= 15 is 0 Å². The molecule has 0 radical (unpaired) electrons. The molecule has 0 bridgehead atoms. The average molecular weight is 402 g/mol. The second-order valence-electron chi connectivity index (χ2n) is 6.31. The second-order valence-corrected chi connectivity index (χ2v) is 6.31. The van der Waals surface area contributed by atoms with Gasteiger partial charge >= 0.3 is 0 Å². The van der Waals surface area contributed by atoms with Gasteiger partial charge in [-0.1, -0.05) is 25.1 Å². The molecule has 0 heterocycles. The zero-order chi connectivity index (χ0) is 21.1. The topological polar surface area (TPSA) is 98.0 Å². The third-order valence-corrected chi connectivity index (χ3v) is 4.01. The number of halogens is 1. The largest absolute Gasteiger partial charge is 0.489 e. The van der Waals surface area contributed by atoms with Crippen LogP contribution in [0.25, 0.3) is 0 Å². The smallest absolute Gasteiger partial charge is 0.255 e. The summed E-state index contributed by atoms with van der Waals surface area (Å²) in [5.41, 5.74) is 6.05. The SMILES string of the molecule is CCC(CNC(=NC)NCc1cccc(OCC(N)=O)c1)Oc1cccc(F)c1. The van der Waals surface area contributed by atoms with Gasteiger partial charge < -0.3 is 25.8 Å². The van der Waals surface area contributed by atoms with E-state index in [2.05, 4.69) is 15.6 Å². The minimum Gasteiger partial charge on any atom is -0.489 e. The third kappa shape index (κ3) is 8.08. The van der Waals surface area contributed by atoms with Crippen molar-refractivity contribution in [2.24, 2.45) is 10.7 Å². The summed E-state index contributed by atoms with van der Waals surface area (Å²) in [5, 5.41) is 6.41. The Balaban J connectivity index is 1.84. The lowest BCUT2D eigenvalue weighted by molar-refractivity contribution is -0.119. The average Bonchev–Trinajstić information content (AvgIpc) is 2.71. The maximum Gasteiger partial charge on any atom is 0.255 e. The van der Waals surface area contributed by atoms with Crippen LogP contribution in [-0.4, -0.2) is 38.2 Å². The van der Waals surface area contributed by atoms with Crippen LogP contribution in [-0.2, 0) is 11.3 Å². The van der Waals surface area contributed by atoms with Gasteiger partial charge in [0, 0.05) is 19.7 Å². The summed E-state index contributed by atoms with van der Waals surface area (Å²) in [5.74, 6) is 0.818. The highest BCUT2D eigenvalue weighted by atomic mass is 19.1. The van der Waals surface area contributed by atoms with E-state index in [-0.39, 0.29) is 18.5 Å². The van der Waals surface area contributed by atoms with Gasteiger partial charge in [0.05, 0.1) is 6.54 Å².